The SMILES string of the molecule is Cc1nc(N)nc(N)c1C#CC(C)(C)c1ccc([N+](=O)[O-])cc1. The number of nitrogen functional groups attached to an aromatic ring is 2. The van der Waals surface area contributed by atoms with Gasteiger partial charge in [-0.1, -0.05) is 24.0 Å². The van der Waals surface area contributed by atoms with Gasteiger partial charge in [0, 0.05) is 12.1 Å². The average Bonchev–Trinajstić information content (AvgIpc) is 2.46. The molecule has 0 unspecified atom stereocenters. The van der Waals surface area contributed by atoms with Gasteiger partial charge in [-0.25, -0.2) is 4.98 Å². The van der Waals surface area contributed by atoms with Gasteiger partial charge in [0.25, 0.3) is 5.69 Å². The predicted molar refractivity (Wildman–Crippen MR) is 88.6 cm³/mol. The van der Waals surface area contributed by atoms with Crippen LogP contribution < -0.4 is 11.5 Å². The first kappa shape index (κ1) is 16.2. The first-order chi connectivity index (χ1) is 10.7. The Morgan fingerprint density at radius 3 is 2.30 bits per heavy atom. The van der Waals surface area contributed by atoms with Crippen LogP contribution >= 0.6 is 0 Å². The van der Waals surface area contributed by atoms with Crippen molar-refractivity contribution in [2.45, 2.75) is 26.2 Å². The smallest absolute Gasteiger partial charge is 0.269 e. The van der Waals surface area contributed by atoms with Crippen molar-refractivity contribution in [1.82, 2.24) is 9.97 Å². The Labute approximate surface area is 133 Å². The van der Waals surface area contributed by atoms with Crippen molar-refractivity contribution in [2.75, 3.05) is 11.5 Å². The summed E-state index contributed by atoms with van der Waals surface area (Å²) in [7, 11) is 0. The van der Waals surface area contributed by atoms with Crippen molar-refractivity contribution in [2.24, 2.45) is 0 Å². The summed E-state index contributed by atoms with van der Waals surface area (Å²) in [6, 6.07) is 6.32. The molecular weight excluding hydrogens is 294 g/mol. The number of nitrogens with two attached hydrogens (primary N) is 2. The van der Waals surface area contributed by atoms with E-state index in [0.29, 0.717) is 11.3 Å². The van der Waals surface area contributed by atoms with Crippen LogP contribution in [0.2, 0.25) is 0 Å². The summed E-state index contributed by atoms with van der Waals surface area (Å²) in [6.07, 6.45) is 0. The van der Waals surface area contributed by atoms with Crippen LogP contribution in [0.4, 0.5) is 17.5 Å². The van der Waals surface area contributed by atoms with Crippen LogP contribution in [0.25, 0.3) is 0 Å². The Bertz CT molecular complexity index is 794. The fourth-order valence-electron chi connectivity index (χ4n) is 2.06. The van der Waals surface area contributed by atoms with Crippen LogP contribution in [-0.2, 0) is 5.41 Å². The van der Waals surface area contributed by atoms with Gasteiger partial charge in [-0.05, 0) is 26.3 Å². The maximum atomic E-state index is 10.7. The minimum absolute atomic E-state index is 0.0459. The number of non-ortho nitro benzene ring substituents is 1. The van der Waals surface area contributed by atoms with Gasteiger partial charge >= 0.3 is 0 Å². The van der Waals surface area contributed by atoms with E-state index in [9.17, 15) is 10.1 Å². The Kier molecular flexibility index (Phi) is 4.18. The molecule has 1 aromatic heterocycles. The molecule has 0 atom stereocenters. The van der Waals surface area contributed by atoms with Gasteiger partial charge in [0.2, 0.25) is 5.95 Å². The number of nitro groups is 1. The van der Waals surface area contributed by atoms with Crippen LogP contribution in [0.5, 0.6) is 0 Å². The van der Waals surface area contributed by atoms with Gasteiger partial charge in [0.15, 0.2) is 0 Å². The molecule has 1 heterocycles. The molecule has 0 radical (unpaired) electrons. The molecule has 23 heavy (non-hydrogen) atoms. The summed E-state index contributed by atoms with van der Waals surface area (Å²) in [5.74, 6) is 6.47. The topological polar surface area (TPSA) is 121 Å². The molecule has 7 heteroatoms. The zero-order valence-electron chi connectivity index (χ0n) is 13.1. The standard InChI is InChI=1S/C16H17N5O2/c1-10-13(14(17)20-15(18)19-10)8-9-16(2,3)11-4-6-12(7-5-11)21(22)23/h4-7H,1-3H3,(H4,17,18,19,20). The number of benzene rings is 1. The number of anilines is 2. The van der Waals surface area contributed by atoms with E-state index < -0.39 is 10.3 Å². The zero-order valence-corrected chi connectivity index (χ0v) is 13.1. The van der Waals surface area contributed by atoms with E-state index in [4.69, 9.17) is 11.5 Å². The van der Waals surface area contributed by atoms with Crippen molar-refractivity contribution >= 4 is 17.5 Å². The largest absolute Gasteiger partial charge is 0.382 e. The third-order valence-electron chi connectivity index (χ3n) is 3.44. The van der Waals surface area contributed by atoms with Crippen molar-refractivity contribution in [3.63, 3.8) is 0 Å². The molecule has 1 aromatic carbocycles. The predicted octanol–water partition coefficient (Wildman–Crippen LogP) is 2.19. The Balaban J connectivity index is 2.37. The minimum Gasteiger partial charge on any atom is -0.382 e. The first-order valence-electron chi connectivity index (χ1n) is 6.88. The van der Waals surface area contributed by atoms with Crippen LogP contribution in [-0.4, -0.2) is 14.9 Å². The lowest BCUT2D eigenvalue weighted by Gasteiger charge is -2.18. The summed E-state index contributed by atoms with van der Waals surface area (Å²) in [6.45, 7) is 5.60. The third-order valence-corrected chi connectivity index (χ3v) is 3.44. The van der Waals surface area contributed by atoms with Gasteiger partial charge in [-0.3, -0.25) is 10.1 Å². The van der Waals surface area contributed by atoms with E-state index in [1.54, 1.807) is 19.1 Å². The van der Waals surface area contributed by atoms with E-state index >= 15 is 0 Å². The molecular formula is C16H17N5O2. The number of nitrogens with zero attached hydrogens (tertiary/aromatic N) is 3. The van der Waals surface area contributed by atoms with Gasteiger partial charge in [-0.2, -0.15) is 4.98 Å². The monoisotopic (exact) mass is 311 g/mol. The molecule has 118 valence electrons. The highest BCUT2D eigenvalue weighted by Crippen LogP contribution is 2.25. The van der Waals surface area contributed by atoms with E-state index in [1.165, 1.54) is 12.1 Å². The van der Waals surface area contributed by atoms with Crippen LogP contribution in [0, 0.1) is 28.9 Å². The number of hydrogen-bond acceptors (Lipinski definition) is 6. The highest BCUT2D eigenvalue weighted by Gasteiger charge is 2.19. The van der Waals surface area contributed by atoms with Crippen LogP contribution in [0.3, 0.4) is 0 Å². The number of rotatable bonds is 2. The molecule has 0 aliphatic rings. The average molecular weight is 311 g/mol. The molecule has 0 bridgehead atoms. The maximum Gasteiger partial charge on any atom is 0.269 e. The normalized spacial score (nSPS) is 10.7. The Morgan fingerprint density at radius 2 is 1.78 bits per heavy atom. The lowest BCUT2D eigenvalue weighted by atomic mass is 9.85. The Morgan fingerprint density at radius 1 is 1.17 bits per heavy atom. The quantitative estimate of drug-likeness (QED) is 0.498. The second-order valence-electron chi connectivity index (χ2n) is 5.61. The summed E-state index contributed by atoms with van der Waals surface area (Å²) >= 11 is 0. The molecule has 7 nitrogen and oxygen atoms in total. The highest BCUT2D eigenvalue weighted by atomic mass is 16.6. The van der Waals surface area contributed by atoms with E-state index in [0.717, 1.165) is 5.56 Å². The number of aromatic nitrogens is 2. The summed E-state index contributed by atoms with van der Waals surface area (Å²) < 4.78 is 0. The maximum absolute atomic E-state index is 10.7. The van der Waals surface area contributed by atoms with E-state index in [1.807, 2.05) is 13.8 Å². The van der Waals surface area contributed by atoms with Crippen molar-refractivity contribution in [3.8, 4) is 11.8 Å². The van der Waals surface area contributed by atoms with Gasteiger partial charge in [0.05, 0.1) is 21.6 Å². The molecule has 0 fully saturated rings. The molecule has 4 N–H and O–H groups in total. The second kappa shape index (κ2) is 5.93. The fraction of sp³-hybridized carbons (Fsp3) is 0.250. The van der Waals surface area contributed by atoms with Crippen molar-refractivity contribution < 1.29 is 4.92 Å². The lowest BCUT2D eigenvalue weighted by Crippen LogP contribution is -2.14. The molecule has 2 aromatic rings. The zero-order chi connectivity index (χ0) is 17.2. The molecule has 0 aliphatic heterocycles. The van der Waals surface area contributed by atoms with Crippen molar-refractivity contribution in [3.05, 3.63) is 51.2 Å². The van der Waals surface area contributed by atoms with Gasteiger partial charge in [0.1, 0.15) is 5.82 Å². The molecule has 0 aliphatic carbocycles. The molecule has 0 amide bonds. The summed E-state index contributed by atoms with van der Waals surface area (Å²) in [5.41, 5.74) is 12.9. The number of hydrogen-bond donors (Lipinski definition) is 2. The molecule has 0 spiro atoms. The lowest BCUT2D eigenvalue weighted by molar-refractivity contribution is -0.384. The molecule has 0 saturated heterocycles. The third kappa shape index (κ3) is 3.55. The number of aryl methyl sites for hydroxylation is 1. The number of nitro benzene ring substituents is 1. The molecule has 2 rings (SSSR count). The Hall–Kier alpha value is -3.14. The highest BCUT2D eigenvalue weighted by molar-refractivity contribution is 5.56. The van der Waals surface area contributed by atoms with Crippen LogP contribution in [0.1, 0.15) is 30.7 Å². The van der Waals surface area contributed by atoms with Gasteiger partial charge < -0.3 is 11.5 Å². The minimum atomic E-state index is -0.518. The van der Waals surface area contributed by atoms with Crippen LogP contribution in [0.15, 0.2) is 24.3 Å². The van der Waals surface area contributed by atoms with E-state index in [2.05, 4.69) is 21.8 Å². The summed E-state index contributed by atoms with van der Waals surface area (Å²) in [5, 5.41) is 10.7. The fourth-order valence-corrected chi connectivity index (χ4v) is 2.06. The summed E-state index contributed by atoms with van der Waals surface area (Å²) in [4.78, 5) is 18.2. The second-order valence-corrected chi connectivity index (χ2v) is 5.61. The van der Waals surface area contributed by atoms with E-state index in [-0.39, 0.29) is 17.5 Å². The first-order valence-corrected chi connectivity index (χ1v) is 6.88. The molecule has 0 saturated carbocycles. The van der Waals surface area contributed by atoms with Gasteiger partial charge in [-0.15, -0.1) is 0 Å². The van der Waals surface area contributed by atoms with Crippen molar-refractivity contribution in [1.29, 1.82) is 0 Å².